The molecular formula is C14H26. The van der Waals surface area contributed by atoms with Gasteiger partial charge >= 0.3 is 0 Å². The van der Waals surface area contributed by atoms with Gasteiger partial charge in [0.1, 0.15) is 0 Å². The van der Waals surface area contributed by atoms with E-state index < -0.39 is 0 Å². The van der Waals surface area contributed by atoms with Crippen LogP contribution < -0.4 is 0 Å². The molecule has 14 heavy (non-hydrogen) atoms. The summed E-state index contributed by atoms with van der Waals surface area (Å²) >= 11 is 0. The molecule has 0 nitrogen and oxygen atoms in total. The first-order chi connectivity index (χ1) is 6.47. The van der Waals surface area contributed by atoms with Crippen molar-refractivity contribution < 1.29 is 0 Å². The highest BCUT2D eigenvalue weighted by Crippen LogP contribution is 2.60. The molecule has 0 N–H and O–H groups in total. The zero-order chi connectivity index (χ0) is 10.4. The van der Waals surface area contributed by atoms with Gasteiger partial charge in [-0.15, -0.1) is 0 Å². The third-order valence-corrected chi connectivity index (χ3v) is 5.72. The number of hydrogen-bond donors (Lipinski definition) is 0. The van der Waals surface area contributed by atoms with Crippen LogP contribution in [-0.4, -0.2) is 0 Å². The molecule has 2 rings (SSSR count). The van der Waals surface area contributed by atoms with Gasteiger partial charge in [-0.05, 0) is 41.9 Å². The minimum absolute atomic E-state index is 0.588. The van der Waals surface area contributed by atoms with Crippen molar-refractivity contribution in [3.63, 3.8) is 0 Å². The van der Waals surface area contributed by atoms with Crippen LogP contribution in [0.1, 0.15) is 66.2 Å². The monoisotopic (exact) mass is 194 g/mol. The third kappa shape index (κ3) is 1.33. The molecule has 82 valence electrons. The predicted molar refractivity (Wildman–Crippen MR) is 62.2 cm³/mol. The number of rotatable bonds is 0. The number of hydrogen-bond acceptors (Lipinski definition) is 0. The lowest BCUT2D eigenvalue weighted by Crippen LogP contribution is -2.49. The van der Waals surface area contributed by atoms with Gasteiger partial charge in [0.05, 0.1) is 0 Å². The normalized spacial score (nSPS) is 47.1. The van der Waals surface area contributed by atoms with Crippen LogP contribution in [0.2, 0.25) is 0 Å². The molecule has 0 radical (unpaired) electrons. The van der Waals surface area contributed by atoms with Crippen LogP contribution in [0.15, 0.2) is 0 Å². The SMILES string of the molecule is CC1CCCC2(C)C1CCCC2(C)C. The van der Waals surface area contributed by atoms with Gasteiger partial charge in [-0.3, -0.25) is 0 Å². The van der Waals surface area contributed by atoms with E-state index in [-0.39, 0.29) is 0 Å². The van der Waals surface area contributed by atoms with Crippen molar-refractivity contribution in [2.24, 2.45) is 22.7 Å². The van der Waals surface area contributed by atoms with Crippen LogP contribution in [0.4, 0.5) is 0 Å². The summed E-state index contributed by atoms with van der Waals surface area (Å²) in [6.07, 6.45) is 8.86. The van der Waals surface area contributed by atoms with Crippen LogP contribution in [0.3, 0.4) is 0 Å². The molecule has 2 aliphatic rings. The summed E-state index contributed by atoms with van der Waals surface area (Å²) in [5, 5.41) is 0. The lowest BCUT2D eigenvalue weighted by Gasteiger charge is -2.58. The molecule has 2 aliphatic carbocycles. The number of fused-ring (bicyclic) bond motifs is 1. The second-order valence-electron chi connectivity index (χ2n) is 6.67. The summed E-state index contributed by atoms with van der Waals surface area (Å²) in [6.45, 7) is 10.1. The lowest BCUT2D eigenvalue weighted by atomic mass is 9.47. The van der Waals surface area contributed by atoms with Crippen LogP contribution in [0.5, 0.6) is 0 Å². The van der Waals surface area contributed by atoms with Gasteiger partial charge in [0.25, 0.3) is 0 Å². The average molecular weight is 194 g/mol. The smallest absolute Gasteiger partial charge is 0.0244 e. The molecule has 0 amide bonds. The quantitative estimate of drug-likeness (QED) is 0.527. The molecule has 0 aromatic carbocycles. The first kappa shape index (κ1) is 10.5. The van der Waals surface area contributed by atoms with Gasteiger partial charge in [-0.2, -0.15) is 0 Å². The van der Waals surface area contributed by atoms with Gasteiger partial charge in [0, 0.05) is 0 Å². The molecule has 3 unspecified atom stereocenters. The van der Waals surface area contributed by atoms with Crippen LogP contribution in [-0.2, 0) is 0 Å². The van der Waals surface area contributed by atoms with E-state index in [0.717, 1.165) is 11.8 Å². The molecule has 2 saturated carbocycles. The van der Waals surface area contributed by atoms with E-state index in [1.54, 1.807) is 0 Å². The first-order valence-corrected chi connectivity index (χ1v) is 6.47. The van der Waals surface area contributed by atoms with Crippen molar-refractivity contribution in [3.8, 4) is 0 Å². The minimum Gasteiger partial charge on any atom is -0.0622 e. The fourth-order valence-electron chi connectivity index (χ4n) is 4.30. The molecule has 0 heterocycles. The highest BCUT2D eigenvalue weighted by Gasteiger charge is 2.51. The molecule has 0 aliphatic heterocycles. The maximum atomic E-state index is 2.58. The summed E-state index contributed by atoms with van der Waals surface area (Å²) in [5.74, 6) is 1.99. The van der Waals surface area contributed by atoms with Crippen molar-refractivity contribution in [2.75, 3.05) is 0 Å². The van der Waals surface area contributed by atoms with Crippen molar-refractivity contribution in [1.29, 1.82) is 0 Å². The maximum absolute atomic E-state index is 2.58. The Balaban J connectivity index is 2.29. The van der Waals surface area contributed by atoms with Crippen molar-refractivity contribution in [2.45, 2.75) is 66.2 Å². The van der Waals surface area contributed by atoms with E-state index in [9.17, 15) is 0 Å². The van der Waals surface area contributed by atoms with Crippen LogP contribution in [0.25, 0.3) is 0 Å². The largest absolute Gasteiger partial charge is 0.0622 e. The minimum atomic E-state index is 0.588. The fraction of sp³-hybridized carbons (Fsp3) is 1.00. The second-order valence-corrected chi connectivity index (χ2v) is 6.67. The van der Waals surface area contributed by atoms with E-state index in [1.165, 1.54) is 38.5 Å². The molecule has 2 fully saturated rings. The topological polar surface area (TPSA) is 0 Å². The highest BCUT2D eigenvalue weighted by molar-refractivity contribution is 5.01. The Bertz CT molecular complexity index is 216. The third-order valence-electron chi connectivity index (χ3n) is 5.72. The summed E-state index contributed by atoms with van der Waals surface area (Å²) in [7, 11) is 0. The predicted octanol–water partition coefficient (Wildman–Crippen LogP) is 4.64. The first-order valence-electron chi connectivity index (χ1n) is 6.47. The lowest BCUT2D eigenvalue weighted by molar-refractivity contribution is -0.0795. The Morgan fingerprint density at radius 1 is 0.929 bits per heavy atom. The van der Waals surface area contributed by atoms with Gasteiger partial charge in [0.15, 0.2) is 0 Å². The zero-order valence-electron chi connectivity index (χ0n) is 10.4. The molecule has 0 spiro atoms. The zero-order valence-corrected chi connectivity index (χ0v) is 10.4. The fourth-order valence-corrected chi connectivity index (χ4v) is 4.30. The Morgan fingerprint density at radius 2 is 1.57 bits per heavy atom. The van der Waals surface area contributed by atoms with E-state index in [2.05, 4.69) is 27.7 Å². The van der Waals surface area contributed by atoms with Gasteiger partial charge < -0.3 is 0 Å². The van der Waals surface area contributed by atoms with Gasteiger partial charge in [-0.25, -0.2) is 0 Å². The van der Waals surface area contributed by atoms with Crippen LogP contribution in [0, 0.1) is 22.7 Å². The van der Waals surface area contributed by atoms with E-state index >= 15 is 0 Å². The van der Waals surface area contributed by atoms with Crippen LogP contribution >= 0.6 is 0 Å². The molecular weight excluding hydrogens is 168 g/mol. The average Bonchev–Trinajstić information content (AvgIpc) is 2.08. The molecule has 3 atom stereocenters. The van der Waals surface area contributed by atoms with Crippen molar-refractivity contribution in [1.82, 2.24) is 0 Å². The summed E-state index contributed by atoms with van der Waals surface area (Å²) in [5.41, 5.74) is 1.23. The molecule has 0 aromatic rings. The Morgan fingerprint density at radius 3 is 2.21 bits per heavy atom. The van der Waals surface area contributed by atoms with Crippen molar-refractivity contribution >= 4 is 0 Å². The van der Waals surface area contributed by atoms with E-state index in [4.69, 9.17) is 0 Å². The summed E-state index contributed by atoms with van der Waals surface area (Å²) < 4.78 is 0. The Labute approximate surface area is 89.5 Å². The van der Waals surface area contributed by atoms with Crippen molar-refractivity contribution in [3.05, 3.63) is 0 Å². The second kappa shape index (κ2) is 3.25. The Kier molecular flexibility index (Phi) is 2.44. The molecule has 0 bridgehead atoms. The summed E-state index contributed by atoms with van der Waals surface area (Å²) in [6, 6.07) is 0. The highest BCUT2D eigenvalue weighted by atomic mass is 14.6. The summed E-state index contributed by atoms with van der Waals surface area (Å²) in [4.78, 5) is 0. The van der Waals surface area contributed by atoms with E-state index in [0.29, 0.717) is 10.8 Å². The Hall–Kier alpha value is 0. The molecule has 0 aromatic heterocycles. The van der Waals surface area contributed by atoms with Gasteiger partial charge in [0.2, 0.25) is 0 Å². The molecule has 0 saturated heterocycles. The maximum Gasteiger partial charge on any atom is -0.0244 e. The standard InChI is InChI=1S/C14H26/c1-11-7-5-10-14(4)12(11)8-6-9-13(14,2)3/h11-12H,5-10H2,1-4H3. The van der Waals surface area contributed by atoms with E-state index in [1.807, 2.05) is 0 Å². The van der Waals surface area contributed by atoms with Gasteiger partial charge in [-0.1, -0.05) is 47.0 Å². The molecule has 0 heteroatoms.